The minimum absolute atomic E-state index is 0.0569. The Labute approximate surface area is 222 Å². The maximum Gasteiger partial charge on any atom is 0.405 e. The summed E-state index contributed by atoms with van der Waals surface area (Å²) in [6.45, 7) is -0.677. The monoisotopic (exact) mass is 545 g/mol. The number of carbonyl (C=O) groups is 3. The van der Waals surface area contributed by atoms with Crippen molar-refractivity contribution in [1.82, 2.24) is 19.8 Å². The van der Waals surface area contributed by atoms with Crippen LogP contribution in [0.4, 0.5) is 19.3 Å². The first-order chi connectivity index (χ1) is 18.5. The van der Waals surface area contributed by atoms with Crippen molar-refractivity contribution < 1.29 is 33.0 Å². The second-order valence-electron chi connectivity index (χ2n) is 8.78. The van der Waals surface area contributed by atoms with E-state index in [1.165, 1.54) is 33.9 Å². The SMILES string of the molecule is CN(C)C(=O)/C=C/CCC(NC(=O)O)C(=O)Nc1cccn(Cc2cc3cccc(OCC(F)F)c3[nH]2)c1=O. The van der Waals surface area contributed by atoms with E-state index in [1.54, 1.807) is 44.4 Å². The smallest absolute Gasteiger partial charge is 0.405 e. The molecule has 0 saturated carbocycles. The Morgan fingerprint density at radius 1 is 1.21 bits per heavy atom. The van der Waals surface area contributed by atoms with Gasteiger partial charge in [-0.3, -0.25) is 14.4 Å². The molecule has 39 heavy (non-hydrogen) atoms. The van der Waals surface area contributed by atoms with Crippen molar-refractivity contribution in [2.45, 2.75) is 31.9 Å². The first-order valence-corrected chi connectivity index (χ1v) is 11.9. The number of likely N-dealkylation sites (N-methyl/N-ethyl adjacent to an activating group) is 1. The number of hydrogen-bond donors (Lipinski definition) is 4. The molecule has 3 aromatic rings. The average Bonchev–Trinajstić information content (AvgIpc) is 3.29. The van der Waals surface area contributed by atoms with Crippen LogP contribution in [0.25, 0.3) is 10.9 Å². The number of rotatable bonds is 12. The van der Waals surface area contributed by atoms with Gasteiger partial charge in [-0.05, 0) is 43.2 Å². The molecule has 0 bridgehead atoms. The van der Waals surface area contributed by atoms with E-state index in [4.69, 9.17) is 9.84 Å². The highest BCUT2D eigenvalue weighted by Crippen LogP contribution is 2.26. The number of halogens is 2. The van der Waals surface area contributed by atoms with Gasteiger partial charge in [-0.25, -0.2) is 13.6 Å². The van der Waals surface area contributed by atoms with E-state index in [-0.39, 0.29) is 36.7 Å². The molecule has 0 spiro atoms. The number of hydrogen-bond acceptors (Lipinski definition) is 5. The van der Waals surface area contributed by atoms with Crippen LogP contribution in [0.2, 0.25) is 0 Å². The van der Waals surface area contributed by atoms with Crippen molar-refractivity contribution in [2.75, 3.05) is 26.0 Å². The van der Waals surface area contributed by atoms with E-state index < -0.39 is 36.6 Å². The summed E-state index contributed by atoms with van der Waals surface area (Å²) in [5.41, 5.74) is 0.502. The standard InChI is InChI=1S/C26H29F2N5O6/c1-32(2)22(34)11-4-3-8-18(31-26(37)38)24(35)30-19-9-6-12-33(25(19)36)14-17-13-16-7-5-10-20(23(16)29-17)39-15-21(27)28/h4-7,9-13,18,21,29,31H,3,8,14-15H2,1-2H3,(H,30,35)(H,37,38)/b11-4+. The summed E-state index contributed by atoms with van der Waals surface area (Å²) in [5, 5.41) is 14.4. The quantitative estimate of drug-likeness (QED) is 0.258. The van der Waals surface area contributed by atoms with Crippen LogP contribution in [0.3, 0.4) is 0 Å². The summed E-state index contributed by atoms with van der Waals surface area (Å²) < 4.78 is 31.7. The molecule has 0 fully saturated rings. The second kappa shape index (κ2) is 13.2. The highest BCUT2D eigenvalue weighted by atomic mass is 19.3. The molecule has 13 heteroatoms. The van der Waals surface area contributed by atoms with Gasteiger partial charge in [0.25, 0.3) is 12.0 Å². The largest absolute Gasteiger partial charge is 0.485 e. The fraction of sp³-hybridized carbons (Fsp3) is 0.308. The van der Waals surface area contributed by atoms with E-state index >= 15 is 0 Å². The zero-order valence-corrected chi connectivity index (χ0v) is 21.3. The molecule has 0 aliphatic rings. The number of allylic oxidation sites excluding steroid dienone is 1. The van der Waals surface area contributed by atoms with Gasteiger partial charge in [0.15, 0.2) is 0 Å². The molecular weight excluding hydrogens is 516 g/mol. The number of H-pyrrole nitrogens is 1. The van der Waals surface area contributed by atoms with Crippen molar-refractivity contribution in [1.29, 1.82) is 0 Å². The highest BCUT2D eigenvalue weighted by molar-refractivity contribution is 5.96. The Morgan fingerprint density at radius 2 is 1.97 bits per heavy atom. The number of fused-ring (bicyclic) bond motifs is 1. The van der Waals surface area contributed by atoms with E-state index in [0.29, 0.717) is 16.6 Å². The maximum atomic E-state index is 13.0. The van der Waals surface area contributed by atoms with Gasteiger partial charge in [-0.2, -0.15) is 0 Å². The number of anilines is 1. The number of carbonyl (C=O) groups excluding carboxylic acids is 2. The van der Waals surface area contributed by atoms with E-state index in [2.05, 4.69) is 15.6 Å². The molecule has 1 unspecified atom stereocenters. The van der Waals surface area contributed by atoms with Crippen molar-refractivity contribution in [3.8, 4) is 5.75 Å². The average molecular weight is 546 g/mol. The molecule has 2 aromatic heterocycles. The van der Waals surface area contributed by atoms with Crippen LogP contribution in [0.5, 0.6) is 5.75 Å². The molecule has 0 aliphatic heterocycles. The minimum Gasteiger partial charge on any atom is -0.485 e. The molecule has 2 heterocycles. The van der Waals surface area contributed by atoms with E-state index in [0.717, 1.165) is 0 Å². The van der Waals surface area contributed by atoms with Gasteiger partial charge in [0.1, 0.15) is 24.1 Å². The predicted molar refractivity (Wildman–Crippen MR) is 140 cm³/mol. The lowest BCUT2D eigenvalue weighted by atomic mass is 10.1. The Balaban J connectivity index is 1.73. The molecule has 1 atom stereocenters. The third kappa shape index (κ3) is 8.15. The third-order valence-corrected chi connectivity index (χ3v) is 5.59. The Bertz CT molecular complexity index is 1420. The van der Waals surface area contributed by atoms with Crippen LogP contribution in [-0.2, 0) is 16.1 Å². The van der Waals surface area contributed by atoms with Gasteiger partial charge in [-0.15, -0.1) is 0 Å². The number of nitrogens with one attached hydrogen (secondary N) is 3. The topological polar surface area (TPSA) is 146 Å². The fourth-order valence-corrected chi connectivity index (χ4v) is 3.72. The van der Waals surface area contributed by atoms with Crippen LogP contribution in [0.1, 0.15) is 18.5 Å². The first-order valence-electron chi connectivity index (χ1n) is 11.9. The number of para-hydroxylation sites is 1. The predicted octanol–water partition coefficient (Wildman–Crippen LogP) is 3.02. The number of carboxylic acid groups (broad SMARTS) is 1. The number of aromatic amines is 1. The van der Waals surface area contributed by atoms with Crippen LogP contribution in [0, 0.1) is 0 Å². The Hall–Kier alpha value is -4.68. The molecule has 11 nitrogen and oxygen atoms in total. The summed E-state index contributed by atoms with van der Waals surface area (Å²) in [4.78, 5) is 53.2. The number of pyridine rings is 1. The summed E-state index contributed by atoms with van der Waals surface area (Å²) in [5.74, 6) is -0.727. The zero-order valence-electron chi connectivity index (χ0n) is 21.3. The van der Waals surface area contributed by atoms with Crippen LogP contribution < -0.4 is 20.9 Å². The van der Waals surface area contributed by atoms with Crippen LogP contribution >= 0.6 is 0 Å². The summed E-state index contributed by atoms with van der Waals surface area (Å²) in [6, 6.07) is 8.52. The van der Waals surface area contributed by atoms with Crippen LogP contribution in [-0.4, -0.2) is 70.6 Å². The molecular formula is C26H29F2N5O6. The molecule has 0 radical (unpaired) electrons. The van der Waals surface area contributed by atoms with Gasteiger partial charge in [-0.1, -0.05) is 18.2 Å². The Kier molecular flexibility index (Phi) is 9.79. The highest BCUT2D eigenvalue weighted by Gasteiger charge is 2.21. The van der Waals surface area contributed by atoms with Gasteiger partial charge in [0.2, 0.25) is 11.8 Å². The lowest BCUT2D eigenvalue weighted by molar-refractivity contribution is -0.123. The number of nitrogens with zero attached hydrogens (tertiary/aromatic N) is 2. The zero-order chi connectivity index (χ0) is 28.5. The van der Waals surface area contributed by atoms with Gasteiger partial charge in [0, 0.05) is 31.4 Å². The minimum atomic E-state index is -2.62. The van der Waals surface area contributed by atoms with Gasteiger partial charge >= 0.3 is 6.09 Å². The molecule has 208 valence electrons. The Morgan fingerprint density at radius 3 is 2.67 bits per heavy atom. The molecule has 3 rings (SSSR count). The van der Waals surface area contributed by atoms with Gasteiger partial charge < -0.3 is 34.9 Å². The summed E-state index contributed by atoms with van der Waals surface area (Å²) in [7, 11) is 3.17. The summed E-state index contributed by atoms with van der Waals surface area (Å²) in [6.07, 6.45) is 0.624. The van der Waals surface area contributed by atoms with Crippen LogP contribution in [0.15, 0.2) is 59.5 Å². The normalized spacial score (nSPS) is 12.0. The van der Waals surface area contributed by atoms with Crippen molar-refractivity contribution in [3.05, 3.63) is 70.8 Å². The van der Waals surface area contributed by atoms with Gasteiger partial charge in [0.05, 0.1) is 12.1 Å². The van der Waals surface area contributed by atoms with Crippen molar-refractivity contribution >= 4 is 34.5 Å². The number of alkyl halides is 2. The lowest BCUT2D eigenvalue weighted by Gasteiger charge is -2.16. The van der Waals surface area contributed by atoms with Crippen molar-refractivity contribution in [2.24, 2.45) is 0 Å². The molecule has 0 saturated heterocycles. The molecule has 3 amide bonds. The second-order valence-corrected chi connectivity index (χ2v) is 8.78. The first kappa shape index (κ1) is 28.9. The fourth-order valence-electron chi connectivity index (χ4n) is 3.72. The number of aromatic nitrogens is 2. The van der Waals surface area contributed by atoms with Crippen molar-refractivity contribution in [3.63, 3.8) is 0 Å². The lowest BCUT2D eigenvalue weighted by Crippen LogP contribution is -2.44. The number of ether oxygens (including phenoxy) is 1. The van der Waals surface area contributed by atoms with E-state index in [9.17, 15) is 28.0 Å². The van der Waals surface area contributed by atoms with E-state index in [1.807, 2.05) is 0 Å². The number of amides is 3. The number of benzene rings is 1. The molecule has 1 aromatic carbocycles. The molecule has 4 N–H and O–H groups in total. The molecule has 0 aliphatic carbocycles. The third-order valence-electron chi connectivity index (χ3n) is 5.59. The maximum absolute atomic E-state index is 13.0. The summed E-state index contributed by atoms with van der Waals surface area (Å²) >= 11 is 0.